The first kappa shape index (κ1) is 10.7. The minimum Gasteiger partial charge on any atom is -0.506 e. The van der Waals surface area contributed by atoms with Crippen molar-refractivity contribution >= 4 is 17.1 Å². The molecule has 88 valence electrons. The molecule has 2 aromatic rings. The third kappa shape index (κ3) is 1.37. The van der Waals surface area contributed by atoms with E-state index in [2.05, 4.69) is 4.98 Å². The van der Waals surface area contributed by atoms with E-state index in [0.717, 1.165) is 5.56 Å². The van der Waals surface area contributed by atoms with E-state index in [0.29, 0.717) is 22.4 Å². The number of fused-ring (bicyclic) bond motifs is 1. The molecule has 1 aromatic carbocycles. The number of benzene rings is 1. The molecule has 0 saturated carbocycles. The Bertz CT molecular complexity index is 686. The Morgan fingerprint density at radius 3 is 2.44 bits per heavy atom. The summed E-state index contributed by atoms with van der Waals surface area (Å²) >= 11 is 0. The second kappa shape index (κ2) is 3.81. The minimum absolute atomic E-state index is 0.0254. The van der Waals surface area contributed by atoms with E-state index in [-0.39, 0.29) is 11.5 Å². The van der Waals surface area contributed by atoms with E-state index in [1.165, 1.54) is 0 Å². The molecule has 0 saturated heterocycles. The predicted molar refractivity (Wildman–Crippen MR) is 69.2 cm³/mol. The van der Waals surface area contributed by atoms with Gasteiger partial charge >= 0.3 is 0 Å². The lowest BCUT2D eigenvalue weighted by atomic mass is 10.0. The van der Waals surface area contributed by atoms with Crippen LogP contribution < -0.4 is 0 Å². The number of carbonyl (C=O) groups is 1. The second-order valence-electron chi connectivity index (χ2n) is 4.27. The Morgan fingerprint density at radius 1 is 1.06 bits per heavy atom. The van der Waals surface area contributed by atoms with Gasteiger partial charge < -0.3 is 5.11 Å². The van der Waals surface area contributed by atoms with Crippen LogP contribution >= 0.6 is 0 Å². The SMILES string of the molecule is Cc1cccnc1C1=C(O)c2ccccc2C1=O. The summed E-state index contributed by atoms with van der Waals surface area (Å²) in [5.41, 5.74) is 2.85. The molecule has 0 fully saturated rings. The van der Waals surface area contributed by atoms with Gasteiger partial charge in [-0.25, -0.2) is 0 Å². The number of aliphatic hydroxyl groups is 1. The van der Waals surface area contributed by atoms with E-state index in [4.69, 9.17) is 0 Å². The molecule has 0 unspecified atom stereocenters. The molecule has 1 aliphatic rings. The van der Waals surface area contributed by atoms with Crippen molar-refractivity contribution in [2.24, 2.45) is 0 Å². The average Bonchev–Trinajstić information content (AvgIpc) is 2.64. The van der Waals surface area contributed by atoms with Gasteiger partial charge in [0.15, 0.2) is 5.78 Å². The Hall–Kier alpha value is -2.42. The summed E-state index contributed by atoms with van der Waals surface area (Å²) in [7, 11) is 0. The van der Waals surface area contributed by atoms with Crippen LogP contribution in [0.25, 0.3) is 11.3 Å². The second-order valence-corrected chi connectivity index (χ2v) is 4.27. The molecule has 0 radical (unpaired) electrons. The lowest BCUT2D eigenvalue weighted by molar-refractivity contribution is 0.105. The van der Waals surface area contributed by atoms with Gasteiger partial charge in [0.05, 0.1) is 11.3 Å². The summed E-state index contributed by atoms with van der Waals surface area (Å²) in [6.07, 6.45) is 1.62. The van der Waals surface area contributed by atoms with Crippen LogP contribution in [-0.2, 0) is 0 Å². The minimum atomic E-state index is -0.162. The first-order valence-corrected chi connectivity index (χ1v) is 5.69. The summed E-state index contributed by atoms with van der Waals surface area (Å²) in [4.78, 5) is 16.5. The third-order valence-corrected chi connectivity index (χ3v) is 3.14. The van der Waals surface area contributed by atoms with Crippen molar-refractivity contribution in [3.63, 3.8) is 0 Å². The first-order chi connectivity index (χ1) is 8.70. The van der Waals surface area contributed by atoms with Crippen molar-refractivity contribution in [2.45, 2.75) is 6.92 Å². The number of rotatable bonds is 1. The van der Waals surface area contributed by atoms with Crippen LogP contribution in [0.3, 0.4) is 0 Å². The molecular formula is C15H11NO2. The molecule has 1 aromatic heterocycles. The number of aromatic nitrogens is 1. The summed E-state index contributed by atoms with van der Waals surface area (Å²) in [6.45, 7) is 1.87. The van der Waals surface area contributed by atoms with Crippen molar-refractivity contribution in [3.05, 3.63) is 65.0 Å². The maximum absolute atomic E-state index is 12.3. The zero-order valence-corrected chi connectivity index (χ0v) is 9.84. The molecule has 1 heterocycles. The van der Waals surface area contributed by atoms with Crippen LogP contribution in [-0.4, -0.2) is 15.9 Å². The van der Waals surface area contributed by atoms with Crippen molar-refractivity contribution in [3.8, 4) is 0 Å². The number of hydrogen-bond acceptors (Lipinski definition) is 3. The number of aliphatic hydroxyl groups excluding tert-OH is 1. The molecule has 18 heavy (non-hydrogen) atoms. The van der Waals surface area contributed by atoms with Gasteiger partial charge in [0.2, 0.25) is 0 Å². The molecule has 1 aliphatic carbocycles. The van der Waals surface area contributed by atoms with Gasteiger partial charge in [-0.05, 0) is 18.6 Å². The summed E-state index contributed by atoms with van der Waals surface area (Å²) < 4.78 is 0. The predicted octanol–water partition coefficient (Wildman–Crippen LogP) is 3.01. The molecule has 0 amide bonds. The van der Waals surface area contributed by atoms with Crippen molar-refractivity contribution in [2.75, 3.05) is 0 Å². The summed E-state index contributed by atoms with van der Waals surface area (Å²) in [5.74, 6) is -0.137. The molecule has 3 nitrogen and oxygen atoms in total. The number of carbonyl (C=O) groups excluding carboxylic acids is 1. The van der Waals surface area contributed by atoms with Gasteiger partial charge in [0.1, 0.15) is 5.76 Å². The number of aryl methyl sites for hydroxylation is 1. The Morgan fingerprint density at radius 2 is 1.78 bits per heavy atom. The summed E-state index contributed by atoms with van der Waals surface area (Å²) in [6, 6.07) is 10.7. The van der Waals surface area contributed by atoms with Gasteiger partial charge in [-0.2, -0.15) is 0 Å². The topological polar surface area (TPSA) is 50.2 Å². The van der Waals surface area contributed by atoms with E-state index in [1.54, 1.807) is 30.5 Å². The molecule has 3 rings (SSSR count). The van der Waals surface area contributed by atoms with E-state index in [1.807, 2.05) is 19.1 Å². The molecule has 0 atom stereocenters. The van der Waals surface area contributed by atoms with Gasteiger partial charge in [0, 0.05) is 17.3 Å². The number of nitrogens with zero attached hydrogens (tertiary/aromatic N) is 1. The highest BCUT2D eigenvalue weighted by molar-refractivity contribution is 6.38. The third-order valence-electron chi connectivity index (χ3n) is 3.14. The van der Waals surface area contributed by atoms with Crippen molar-refractivity contribution in [1.29, 1.82) is 0 Å². The van der Waals surface area contributed by atoms with Crippen LogP contribution in [0.5, 0.6) is 0 Å². The molecule has 1 N–H and O–H groups in total. The fourth-order valence-corrected chi connectivity index (χ4v) is 2.23. The molecule has 0 aliphatic heterocycles. The van der Waals surface area contributed by atoms with E-state index in [9.17, 15) is 9.90 Å². The molecule has 0 spiro atoms. The quantitative estimate of drug-likeness (QED) is 0.829. The number of ketones is 1. The van der Waals surface area contributed by atoms with Crippen LogP contribution in [0.1, 0.15) is 27.2 Å². The van der Waals surface area contributed by atoms with Crippen LogP contribution in [0, 0.1) is 6.92 Å². The normalized spacial score (nSPS) is 13.9. The monoisotopic (exact) mass is 237 g/mol. The number of allylic oxidation sites excluding steroid dienone is 1. The molecule has 3 heteroatoms. The average molecular weight is 237 g/mol. The zero-order chi connectivity index (χ0) is 12.7. The van der Waals surface area contributed by atoms with Crippen molar-refractivity contribution in [1.82, 2.24) is 4.98 Å². The molecule has 0 bridgehead atoms. The van der Waals surface area contributed by atoms with Gasteiger partial charge in [-0.3, -0.25) is 9.78 Å². The van der Waals surface area contributed by atoms with Crippen LogP contribution in [0.4, 0.5) is 0 Å². The highest BCUT2D eigenvalue weighted by Gasteiger charge is 2.31. The first-order valence-electron chi connectivity index (χ1n) is 5.69. The highest BCUT2D eigenvalue weighted by atomic mass is 16.3. The lowest BCUT2D eigenvalue weighted by Crippen LogP contribution is -2.02. The fraction of sp³-hybridized carbons (Fsp3) is 0.0667. The Kier molecular flexibility index (Phi) is 2.27. The largest absolute Gasteiger partial charge is 0.506 e. The van der Waals surface area contributed by atoms with Gasteiger partial charge in [-0.1, -0.05) is 30.3 Å². The maximum atomic E-state index is 12.3. The highest BCUT2D eigenvalue weighted by Crippen LogP contribution is 2.36. The van der Waals surface area contributed by atoms with E-state index >= 15 is 0 Å². The fourth-order valence-electron chi connectivity index (χ4n) is 2.23. The number of pyridine rings is 1. The van der Waals surface area contributed by atoms with Gasteiger partial charge in [-0.15, -0.1) is 0 Å². The number of Topliss-reactive ketones (excluding diaryl/α,β-unsaturated/α-hetero) is 1. The van der Waals surface area contributed by atoms with E-state index < -0.39 is 0 Å². The van der Waals surface area contributed by atoms with Gasteiger partial charge in [0.25, 0.3) is 0 Å². The zero-order valence-electron chi connectivity index (χ0n) is 9.84. The van der Waals surface area contributed by atoms with Crippen molar-refractivity contribution < 1.29 is 9.90 Å². The van der Waals surface area contributed by atoms with Crippen LogP contribution in [0.2, 0.25) is 0 Å². The smallest absolute Gasteiger partial charge is 0.199 e. The Labute approximate surface area is 104 Å². The lowest BCUT2D eigenvalue weighted by Gasteiger charge is -2.04. The number of hydrogen-bond donors (Lipinski definition) is 1. The standard InChI is InChI=1S/C15H11NO2/c1-9-5-4-8-16-13(9)12-14(17)10-6-2-3-7-11(10)15(12)18/h2-8,17H,1H3. The maximum Gasteiger partial charge on any atom is 0.199 e. The molecular weight excluding hydrogens is 226 g/mol. The van der Waals surface area contributed by atoms with Crippen LogP contribution in [0.15, 0.2) is 42.6 Å². The Balaban J connectivity index is 2.25. The summed E-state index contributed by atoms with van der Waals surface area (Å²) in [5, 5.41) is 10.2.